The Bertz CT molecular complexity index is 888. The van der Waals surface area contributed by atoms with Gasteiger partial charge in [0.05, 0.1) is 15.7 Å². The van der Waals surface area contributed by atoms with Crippen molar-refractivity contribution in [3.63, 3.8) is 0 Å². The third-order valence-electron chi connectivity index (χ3n) is 3.49. The fourth-order valence-electron chi connectivity index (χ4n) is 2.15. The Morgan fingerprint density at radius 1 is 1.08 bits per heavy atom. The van der Waals surface area contributed by atoms with Crippen molar-refractivity contribution in [2.45, 2.75) is 13.5 Å². The highest BCUT2D eigenvalue weighted by molar-refractivity contribution is 6.44. The van der Waals surface area contributed by atoms with Crippen molar-refractivity contribution in [2.24, 2.45) is 0 Å². The molecule has 0 atom stereocenters. The van der Waals surface area contributed by atoms with Crippen LogP contribution in [0, 0.1) is 6.92 Å². The zero-order valence-corrected chi connectivity index (χ0v) is 14.9. The zero-order chi connectivity index (χ0) is 17.8. The van der Waals surface area contributed by atoms with Crippen LogP contribution in [0.25, 0.3) is 0 Å². The van der Waals surface area contributed by atoms with Crippen LogP contribution in [-0.4, -0.2) is 5.91 Å². The summed E-state index contributed by atoms with van der Waals surface area (Å²) in [7, 11) is 0. The summed E-state index contributed by atoms with van der Waals surface area (Å²) in [5.74, 6) is 1.03. The summed E-state index contributed by atoms with van der Waals surface area (Å²) in [5, 5.41) is 3.32. The normalized spacial score (nSPS) is 10.5. The van der Waals surface area contributed by atoms with Crippen LogP contribution in [0.5, 0.6) is 5.75 Å². The van der Waals surface area contributed by atoms with Gasteiger partial charge in [-0.15, -0.1) is 0 Å². The SMILES string of the molecule is Cc1ccc(OCc2ccc(C(=O)Nc3cccc(Cl)c3Cl)o2)cc1. The van der Waals surface area contributed by atoms with E-state index in [0.29, 0.717) is 16.5 Å². The number of carbonyl (C=O) groups is 1. The molecule has 0 aliphatic carbocycles. The van der Waals surface area contributed by atoms with Crippen LogP contribution in [0.1, 0.15) is 21.9 Å². The average Bonchev–Trinajstić information content (AvgIpc) is 3.08. The van der Waals surface area contributed by atoms with E-state index in [0.717, 1.165) is 11.3 Å². The Morgan fingerprint density at radius 3 is 2.60 bits per heavy atom. The molecule has 0 saturated carbocycles. The van der Waals surface area contributed by atoms with E-state index in [9.17, 15) is 4.79 Å². The maximum atomic E-state index is 12.3. The van der Waals surface area contributed by atoms with Gasteiger partial charge < -0.3 is 14.5 Å². The fraction of sp³-hybridized carbons (Fsp3) is 0.105. The van der Waals surface area contributed by atoms with Crippen LogP contribution in [-0.2, 0) is 6.61 Å². The Hall–Kier alpha value is -2.43. The number of ether oxygens (including phenoxy) is 1. The van der Waals surface area contributed by atoms with Gasteiger partial charge in [0, 0.05) is 0 Å². The average molecular weight is 376 g/mol. The minimum Gasteiger partial charge on any atom is -0.486 e. The van der Waals surface area contributed by atoms with E-state index in [1.807, 2.05) is 31.2 Å². The quantitative estimate of drug-likeness (QED) is 0.619. The van der Waals surface area contributed by atoms with Crippen molar-refractivity contribution in [3.05, 3.63) is 81.7 Å². The second-order valence-electron chi connectivity index (χ2n) is 5.42. The topological polar surface area (TPSA) is 51.5 Å². The molecule has 3 rings (SSSR count). The Balaban J connectivity index is 1.63. The van der Waals surface area contributed by atoms with Crippen molar-refractivity contribution in [1.29, 1.82) is 0 Å². The summed E-state index contributed by atoms with van der Waals surface area (Å²) >= 11 is 12.0. The number of furan rings is 1. The maximum absolute atomic E-state index is 12.3. The van der Waals surface area contributed by atoms with E-state index in [2.05, 4.69) is 5.32 Å². The van der Waals surface area contributed by atoms with Gasteiger partial charge in [0.15, 0.2) is 5.76 Å². The van der Waals surface area contributed by atoms with E-state index in [4.69, 9.17) is 32.4 Å². The molecule has 1 aromatic heterocycles. The van der Waals surface area contributed by atoms with Crippen LogP contribution in [0.4, 0.5) is 5.69 Å². The van der Waals surface area contributed by atoms with Gasteiger partial charge in [-0.1, -0.05) is 47.0 Å². The number of benzene rings is 2. The van der Waals surface area contributed by atoms with E-state index < -0.39 is 5.91 Å². The first kappa shape index (κ1) is 17.4. The van der Waals surface area contributed by atoms with E-state index >= 15 is 0 Å². The Kier molecular flexibility index (Phi) is 5.31. The summed E-state index contributed by atoms with van der Waals surface area (Å²) in [6, 6.07) is 16.0. The number of amides is 1. The molecule has 0 aliphatic heterocycles. The molecule has 0 saturated heterocycles. The summed E-state index contributed by atoms with van der Waals surface area (Å²) in [6.07, 6.45) is 0. The zero-order valence-electron chi connectivity index (χ0n) is 13.4. The molecule has 0 fully saturated rings. The van der Waals surface area contributed by atoms with Gasteiger partial charge in [-0.25, -0.2) is 0 Å². The molecule has 0 spiro atoms. The number of rotatable bonds is 5. The van der Waals surface area contributed by atoms with Gasteiger partial charge in [0.1, 0.15) is 18.1 Å². The van der Waals surface area contributed by atoms with Crippen LogP contribution in [0.2, 0.25) is 10.0 Å². The van der Waals surface area contributed by atoms with Gasteiger partial charge in [0.2, 0.25) is 0 Å². The molecule has 0 unspecified atom stereocenters. The number of hydrogen-bond donors (Lipinski definition) is 1. The van der Waals surface area contributed by atoms with Crippen molar-refractivity contribution >= 4 is 34.8 Å². The molecule has 128 valence electrons. The van der Waals surface area contributed by atoms with Gasteiger partial charge in [0.25, 0.3) is 5.91 Å². The summed E-state index contributed by atoms with van der Waals surface area (Å²) in [6.45, 7) is 2.24. The largest absolute Gasteiger partial charge is 0.486 e. The molecule has 0 bridgehead atoms. The second-order valence-corrected chi connectivity index (χ2v) is 6.21. The van der Waals surface area contributed by atoms with Crippen molar-refractivity contribution < 1.29 is 13.9 Å². The lowest BCUT2D eigenvalue weighted by Gasteiger charge is -2.07. The molecule has 0 aliphatic rings. The summed E-state index contributed by atoms with van der Waals surface area (Å²) < 4.78 is 11.1. The highest BCUT2D eigenvalue weighted by atomic mass is 35.5. The van der Waals surface area contributed by atoms with Gasteiger partial charge in [-0.3, -0.25) is 4.79 Å². The second kappa shape index (κ2) is 7.64. The number of aryl methyl sites for hydroxylation is 1. The van der Waals surface area contributed by atoms with Crippen LogP contribution < -0.4 is 10.1 Å². The number of halogens is 2. The van der Waals surface area contributed by atoms with Gasteiger partial charge >= 0.3 is 0 Å². The minimum absolute atomic E-state index is 0.165. The number of nitrogens with one attached hydrogen (secondary N) is 1. The molecule has 0 radical (unpaired) electrons. The molecule has 4 nitrogen and oxygen atoms in total. The molecule has 1 N–H and O–H groups in total. The fourth-order valence-corrected chi connectivity index (χ4v) is 2.50. The van der Waals surface area contributed by atoms with Gasteiger partial charge in [-0.05, 0) is 43.3 Å². The van der Waals surface area contributed by atoms with Crippen molar-refractivity contribution in [1.82, 2.24) is 0 Å². The summed E-state index contributed by atoms with van der Waals surface area (Å²) in [4.78, 5) is 12.3. The summed E-state index contributed by atoms with van der Waals surface area (Å²) in [5.41, 5.74) is 1.58. The van der Waals surface area contributed by atoms with Crippen LogP contribution in [0.3, 0.4) is 0 Å². The lowest BCUT2D eigenvalue weighted by Crippen LogP contribution is -2.11. The number of carbonyl (C=O) groups excluding carboxylic acids is 1. The molecular weight excluding hydrogens is 361 g/mol. The minimum atomic E-state index is -0.411. The first-order chi connectivity index (χ1) is 12.0. The molecule has 25 heavy (non-hydrogen) atoms. The van der Waals surface area contributed by atoms with Crippen molar-refractivity contribution in [3.8, 4) is 5.75 Å². The molecule has 2 aromatic carbocycles. The maximum Gasteiger partial charge on any atom is 0.291 e. The van der Waals surface area contributed by atoms with E-state index in [1.165, 1.54) is 0 Å². The van der Waals surface area contributed by atoms with Crippen LogP contribution in [0.15, 0.2) is 59.0 Å². The Labute approximate surface area is 155 Å². The standard InChI is InChI=1S/C19H15Cl2NO3/c1-12-5-7-13(8-6-12)24-11-14-9-10-17(25-14)19(23)22-16-4-2-3-15(20)18(16)21/h2-10H,11H2,1H3,(H,22,23). The first-order valence-electron chi connectivity index (χ1n) is 7.56. The molecular formula is C19H15Cl2NO3. The first-order valence-corrected chi connectivity index (χ1v) is 8.32. The monoisotopic (exact) mass is 375 g/mol. The smallest absolute Gasteiger partial charge is 0.291 e. The highest BCUT2D eigenvalue weighted by Crippen LogP contribution is 2.30. The number of anilines is 1. The lowest BCUT2D eigenvalue weighted by atomic mass is 10.2. The highest BCUT2D eigenvalue weighted by Gasteiger charge is 2.14. The Morgan fingerprint density at radius 2 is 1.84 bits per heavy atom. The molecule has 6 heteroatoms. The van der Waals surface area contributed by atoms with E-state index in [1.54, 1.807) is 30.3 Å². The lowest BCUT2D eigenvalue weighted by molar-refractivity contribution is 0.0992. The van der Waals surface area contributed by atoms with Crippen molar-refractivity contribution in [2.75, 3.05) is 5.32 Å². The molecule has 1 heterocycles. The third-order valence-corrected chi connectivity index (χ3v) is 4.31. The third kappa shape index (κ3) is 4.35. The van der Waals surface area contributed by atoms with E-state index in [-0.39, 0.29) is 17.4 Å². The molecule has 1 amide bonds. The van der Waals surface area contributed by atoms with Gasteiger partial charge in [-0.2, -0.15) is 0 Å². The van der Waals surface area contributed by atoms with Crippen LogP contribution >= 0.6 is 23.2 Å². The number of hydrogen-bond acceptors (Lipinski definition) is 3. The predicted octanol–water partition coefficient (Wildman–Crippen LogP) is 5.73. The molecule has 3 aromatic rings. The predicted molar refractivity (Wildman–Crippen MR) is 98.6 cm³/mol.